The molecule has 0 aliphatic carbocycles. The van der Waals surface area contributed by atoms with E-state index in [1.165, 1.54) is 6.92 Å². The van der Waals surface area contributed by atoms with Gasteiger partial charge < -0.3 is 5.32 Å². The van der Waals surface area contributed by atoms with Gasteiger partial charge in [0.1, 0.15) is 17.2 Å². The second-order valence-electron chi connectivity index (χ2n) is 4.09. The zero-order valence-electron chi connectivity index (χ0n) is 9.74. The minimum atomic E-state index is -2.75. The lowest BCUT2D eigenvalue weighted by atomic mass is 9.92. The lowest BCUT2D eigenvalue weighted by Crippen LogP contribution is -2.46. The fraction of sp³-hybridized carbons (Fsp3) is 0.500. The predicted octanol–water partition coefficient (Wildman–Crippen LogP) is 3.44. The summed E-state index contributed by atoms with van der Waals surface area (Å²) in [5.41, 5.74) is -1.82. The molecule has 0 saturated carbocycles. The van der Waals surface area contributed by atoms with Crippen LogP contribution in [0.4, 0.5) is 17.6 Å². The van der Waals surface area contributed by atoms with Gasteiger partial charge in [-0.25, -0.2) is 17.6 Å². The molecule has 1 unspecified atom stereocenters. The molecule has 0 heterocycles. The fourth-order valence-electron chi connectivity index (χ4n) is 1.54. The largest absolute Gasteiger partial charge is 0.303 e. The van der Waals surface area contributed by atoms with Gasteiger partial charge in [0.2, 0.25) is 0 Å². The van der Waals surface area contributed by atoms with Crippen molar-refractivity contribution in [3.8, 4) is 0 Å². The van der Waals surface area contributed by atoms with Gasteiger partial charge in [-0.3, -0.25) is 0 Å². The zero-order valence-corrected chi connectivity index (χ0v) is 9.74. The first-order valence-corrected chi connectivity index (χ1v) is 5.40. The maximum atomic E-state index is 13.0. The number of nitrogens with one attached hydrogen (secondary N) is 1. The smallest absolute Gasteiger partial charge is 0.260 e. The molecule has 0 amide bonds. The van der Waals surface area contributed by atoms with Crippen LogP contribution >= 0.6 is 0 Å². The molecule has 1 aromatic carbocycles. The third kappa shape index (κ3) is 3.19. The maximum absolute atomic E-state index is 13.0. The standard InChI is InChI=1S/C12H15F4N/c1-3-4-17-12(2,11(15)16)8-5-9(13)7-10(14)6-8/h5-7,11,17H,3-4H2,1-2H3. The molecule has 0 aromatic heterocycles. The van der Waals surface area contributed by atoms with Crippen molar-refractivity contribution < 1.29 is 17.6 Å². The van der Waals surface area contributed by atoms with Crippen LogP contribution in [0.2, 0.25) is 0 Å². The number of halogens is 4. The highest BCUT2D eigenvalue weighted by atomic mass is 19.3. The van der Waals surface area contributed by atoms with E-state index in [-0.39, 0.29) is 5.56 Å². The van der Waals surface area contributed by atoms with Crippen LogP contribution in [0, 0.1) is 11.6 Å². The second kappa shape index (κ2) is 5.49. The third-order valence-corrected chi connectivity index (χ3v) is 2.64. The Kier molecular flexibility index (Phi) is 4.51. The van der Waals surface area contributed by atoms with Crippen LogP contribution in [0.5, 0.6) is 0 Å². The summed E-state index contributed by atoms with van der Waals surface area (Å²) in [6.45, 7) is 3.41. The molecule has 1 nitrogen and oxygen atoms in total. The Balaban J connectivity index is 3.12. The molecule has 96 valence electrons. The lowest BCUT2D eigenvalue weighted by molar-refractivity contribution is 0.0382. The van der Waals surface area contributed by atoms with Crippen molar-refractivity contribution in [1.82, 2.24) is 5.32 Å². The summed E-state index contributed by atoms with van der Waals surface area (Å²) in [7, 11) is 0. The van der Waals surface area contributed by atoms with Crippen LogP contribution in [-0.2, 0) is 5.54 Å². The Bertz CT molecular complexity index is 361. The minimum Gasteiger partial charge on any atom is -0.303 e. The molecule has 5 heteroatoms. The monoisotopic (exact) mass is 249 g/mol. The Morgan fingerprint density at radius 1 is 1.18 bits per heavy atom. The molecule has 1 N–H and O–H groups in total. The van der Waals surface area contributed by atoms with Crippen LogP contribution in [0.25, 0.3) is 0 Å². The van der Waals surface area contributed by atoms with E-state index in [0.717, 1.165) is 12.1 Å². The number of benzene rings is 1. The highest BCUT2D eigenvalue weighted by Gasteiger charge is 2.36. The summed E-state index contributed by atoms with van der Waals surface area (Å²) in [6.07, 6.45) is -2.10. The molecule has 1 rings (SSSR count). The van der Waals surface area contributed by atoms with Crippen LogP contribution in [0.15, 0.2) is 18.2 Å². The van der Waals surface area contributed by atoms with E-state index in [4.69, 9.17) is 0 Å². The van der Waals surface area contributed by atoms with Crippen LogP contribution in [0.3, 0.4) is 0 Å². The molecule has 17 heavy (non-hydrogen) atoms. The van der Waals surface area contributed by atoms with Crippen molar-refractivity contribution in [2.45, 2.75) is 32.2 Å². The predicted molar refractivity (Wildman–Crippen MR) is 58.0 cm³/mol. The van der Waals surface area contributed by atoms with Gasteiger partial charge in [-0.1, -0.05) is 6.92 Å². The summed E-state index contributed by atoms with van der Waals surface area (Å²) >= 11 is 0. The Labute approximate surface area is 97.8 Å². The van der Waals surface area contributed by atoms with Crippen molar-refractivity contribution in [2.75, 3.05) is 6.54 Å². The molecule has 0 fully saturated rings. The summed E-state index contributed by atoms with van der Waals surface area (Å²) in [5, 5.41) is 2.63. The lowest BCUT2D eigenvalue weighted by Gasteiger charge is -2.30. The topological polar surface area (TPSA) is 12.0 Å². The van der Waals surface area contributed by atoms with Gasteiger partial charge in [0.25, 0.3) is 6.43 Å². The van der Waals surface area contributed by atoms with Crippen LogP contribution in [0.1, 0.15) is 25.8 Å². The van der Waals surface area contributed by atoms with E-state index in [2.05, 4.69) is 5.32 Å². The zero-order chi connectivity index (χ0) is 13.1. The van der Waals surface area contributed by atoms with Gasteiger partial charge in [0, 0.05) is 6.07 Å². The van der Waals surface area contributed by atoms with Gasteiger partial charge in [0.05, 0.1) is 0 Å². The van der Waals surface area contributed by atoms with Crippen LogP contribution in [-0.4, -0.2) is 13.0 Å². The molecule has 0 bridgehead atoms. The first-order valence-electron chi connectivity index (χ1n) is 5.40. The number of hydrogen-bond acceptors (Lipinski definition) is 1. The van der Waals surface area contributed by atoms with E-state index >= 15 is 0 Å². The number of alkyl halides is 2. The normalized spacial score (nSPS) is 15.0. The highest BCUT2D eigenvalue weighted by molar-refractivity contribution is 5.26. The van der Waals surface area contributed by atoms with Crippen molar-refractivity contribution in [2.24, 2.45) is 0 Å². The summed E-state index contributed by atoms with van der Waals surface area (Å²) < 4.78 is 52.2. The van der Waals surface area contributed by atoms with Crippen molar-refractivity contribution in [3.63, 3.8) is 0 Å². The van der Waals surface area contributed by atoms with E-state index in [1.54, 1.807) is 0 Å². The molecule has 0 saturated heterocycles. The number of rotatable bonds is 5. The Hall–Kier alpha value is -1.10. The molecule has 1 atom stereocenters. The van der Waals surface area contributed by atoms with Crippen molar-refractivity contribution in [3.05, 3.63) is 35.4 Å². The van der Waals surface area contributed by atoms with Gasteiger partial charge in [-0.05, 0) is 37.6 Å². The van der Waals surface area contributed by atoms with Gasteiger partial charge in [-0.2, -0.15) is 0 Å². The fourth-order valence-corrected chi connectivity index (χ4v) is 1.54. The van der Waals surface area contributed by atoms with Gasteiger partial charge in [-0.15, -0.1) is 0 Å². The van der Waals surface area contributed by atoms with E-state index in [0.29, 0.717) is 19.0 Å². The minimum absolute atomic E-state index is 0.0848. The Morgan fingerprint density at radius 3 is 2.12 bits per heavy atom. The van der Waals surface area contributed by atoms with E-state index < -0.39 is 23.6 Å². The quantitative estimate of drug-likeness (QED) is 0.788. The van der Waals surface area contributed by atoms with Crippen molar-refractivity contribution >= 4 is 0 Å². The molecule has 0 spiro atoms. The van der Waals surface area contributed by atoms with Gasteiger partial charge in [0.15, 0.2) is 0 Å². The van der Waals surface area contributed by atoms with Crippen LogP contribution < -0.4 is 5.32 Å². The third-order valence-electron chi connectivity index (χ3n) is 2.64. The van der Waals surface area contributed by atoms with Gasteiger partial charge >= 0.3 is 0 Å². The first kappa shape index (κ1) is 14.0. The summed E-state index contributed by atoms with van der Waals surface area (Å²) in [6, 6.07) is 2.52. The molecular weight excluding hydrogens is 234 g/mol. The van der Waals surface area contributed by atoms with Crippen molar-refractivity contribution in [1.29, 1.82) is 0 Å². The van der Waals surface area contributed by atoms with E-state index in [9.17, 15) is 17.6 Å². The second-order valence-corrected chi connectivity index (χ2v) is 4.09. The molecule has 0 aliphatic heterocycles. The maximum Gasteiger partial charge on any atom is 0.260 e. The molecule has 0 radical (unpaired) electrons. The molecule has 0 aliphatic rings. The SMILES string of the molecule is CCCNC(C)(c1cc(F)cc(F)c1)C(F)F. The molecule has 1 aromatic rings. The average molecular weight is 249 g/mol. The summed E-state index contributed by atoms with van der Waals surface area (Å²) in [5.74, 6) is -1.71. The average Bonchev–Trinajstić information content (AvgIpc) is 2.24. The summed E-state index contributed by atoms with van der Waals surface area (Å²) in [4.78, 5) is 0. The van der Waals surface area contributed by atoms with E-state index in [1.807, 2.05) is 6.92 Å². The number of hydrogen-bond donors (Lipinski definition) is 1. The first-order chi connectivity index (χ1) is 7.90. The highest BCUT2D eigenvalue weighted by Crippen LogP contribution is 2.29. The Morgan fingerprint density at radius 2 is 1.71 bits per heavy atom. The molecular formula is C12H15F4N.